The summed E-state index contributed by atoms with van der Waals surface area (Å²) in [6.07, 6.45) is 0. The highest BCUT2D eigenvalue weighted by Crippen LogP contribution is 2.20. The summed E-state index contributed by atoms with van der Waals surface area (Å²) in [4.78, 5) is 0. The second-order valence-corrected chi connectivity index (χ2v) is 5.07. The fourth-order valence-electron chi connectivity index (χ4n) is 1.26. The number of hydrogen-bond acceptors (Lipinski definition) is 2. The van der Waals surface area contributed by atoms with Crippen molar-refractivity contribution in [2.75, 3.05) is 0 Å². The molecule has 0 heterocycles. The maximum absolute atomic E-state index is 10.7. The van der Waals surface area contributed by atoms with E-state index in [9.17, 15) is 13.2 Å². The van der Waals surface area contributed by atoms with Crippen LogP contribution in [-0.4, -0.2) is 18.5 Å². The highest BCUT2D eigenvalue weighted by Gasteiger charge is 2.44. The van der Waals surface area contributed by atoms with Gasteiger partial charge in [0.05, 0.1) is 0 Å². The maximum Gasteiger partial charge on any atom is 0.522 e. The van der Waals surface area contributed by atoms with E-state index in [1.807, 2.05) is 12.1 Å². The standard InChI is InChI=1S/C12H10.CHF3O3S.H2S/c1-3-7-11(8-4-1)12-9-5-2-6-10-12;2-1(3,4)8(5,6)7;/h1-10H;(H,5,6,7);1H2. The molecule has 0 atom stereocenters. The van der Waals surface area contributed by atoms with Crippen LogP contribution in [0.5, 0.6) is 0 Å². The van der Waals surface area contributed by atoms with Crippen molar-refractivity contribution >= 4 is 23.6 Å². The molecule has 0 unspecified atom stereocenters. The molecule has 0 amide bonds. The number of halogens is 3. The fraction of sp³-hybridized carbons (Fsp3) is 0.0769. The van der Waals surface area contributed by atoms with Crippen molar-refractivity contribution in [3.8, 4) is 11.1 Å². The first-order chi connectivity index (χ1) is 9.22. The predicted molar refractivity (Wildman–Crippen MR) is 79.9 cm³/mol. The Morgan fingerprint density at radius 1 is 0.762 bits per heavy atom. The lowest BCUT2D eigenvalue weighted by Gasteiger charge is -1.98. The van der Waals surface area contributed by atoms with Crippen LogP contribution in [-0.2, 0) is 10.1 Å². The molecule has 2 aromatic carbocycles. The number of rotatable bonds is 1. The van der Waals surface area contributed by atoms with Gasteiger partial charge < -0.3 is 0 Å². The maximum atomic E-state index is 10.7. The molecule has 21 heavy (non-hydrogen) atoms. The Kier molecular flexibility index (Phi) is 7.48. The molecule has 0 spiro atoms. The minimum Gasteiger partial charge on any atom is -0.279 e. The van der Waals surface area contributed by atoms with Crippen LogP contribution in [0.4, 0.5) is 13.2 Å². The third-order valence-electron chi connectivity index (χ3n) is 2.17. The van der Waals surface area contributed by atoms with Gasteiger partial charge in [0.25, 0.3) is 0 Å². The van der Waals surface area contributed by atoms with Crippen molar-refractivity contribution in [1.82, 2.24) is 0 Å². The lowest BCUT2D eigenvalue weighted by molar-refractivity contribution is -0.0510. The second-order valence-electron chi connectivity index (χ2n) is 3.65. The highest BCUT2D eigenvalue weighted by atomic mass is 32.2. The second kappa shape index (κ2) is 8.06. The van der Waals surface area contributed by atoms with Crippen molar-refractivity contribution in [1.29, 1.82) is 0 Å². The summed E-state index contributed by atoms with van der Waals surface area (Å²) >= 11 is 0. The Balaban J connectivity index is 0.000000397. The van der Waals surface area contributed by atoms with Crippen LogP contribution >= 0.6 is 13.5 Å². The molecule has 0 saturated heterocycles. The van der Waals surface area contributed by atoms with Gasteiger partial charge in [-0.05, 0) is 11.1 Å². The first-order valence-corrected chi connectivity index (χ1v) is 6.80. The Bertz CT molecular complexity index is 589. The first-order valence-electron chi connectivity index (χ1n) is 5.36. The molecule has 0 fully saturated rings. The summed E-state index contributed by atoms with van der Waals surface area (Å²) in [6, 6.07) is 20.8. The molecular formula is C13H13F3O3S2. The Morgan fingerprint density at radius 2 is 1.00 bits per heavy atom. The molecule has 0 aromatic heterocycles. The van der Waals surface area contributed by atoms with Gasteiger partial charge in [-0.25, -0.2) is 0 Å². The third-order valence-corrected chi connectivity index (χ3v) is 2.76. The average molecular weight is 338 g/mol. The predicted octanol–water partition coefficient (Wildman–Crippen LogP) is 3.86. The van der Waals surface area contributed by atoms with Gasteiger partial charge in [0, 0.05) is 0 Å². The Hall–Kier alpha value is -1.51. The summed E-state index contributed by atoms with van der Waals surface area (Å²) in [5.41, 5.74) is -2.98. The lowest BCUT2D eigenvalue weighted by Crippen LogP contribution is -2.21. The molecule has 116 valence electrons. The number of alkyl halides is 3. The summed E-state index contributed by atoms with van der Waals surface area (Å²) in [7, 11) is -5.84. The zero-order valence-electron chi connectivity index (χ0n) is 10.6. The summed E-state index contributed by atoms with van der Waals surface area (Å²) in [5.74, 6) is 0. The van der Waals surface area contributed by atoms with Crippen molar-refractivity contribution in [3.63, 3.8) is 0 Å². The van der Waals surface area contributed by atoms with E-state index in [4.69, 9.17) is 13.0 Å². The van der Waals surface area contributed by atoms with E-state index in [0.29, 0.717) is 0 Å². The number of benzene rings is 2. The van der Waals surface area contributed by atoms with E-state index in [0.717, 1.165) is 0 Å². The summed E-state index contributed by atoms with van der Waals surface area (Å²) in [5, 5.41) is 0. The van der Waals surface area contributed by atoms with E-state index in [-0.39, 0.29) is 13.5 Å². The minimum atomic E-state index is -5.84. The molecule has 2 aromatic rings. The van der Waals surface area contributed by atoms with Crippen molar-refractivity contribution in [2.45, 2.75) is 5.51 Å². The summed E-state index contributed by atoms with van der Waals surface area (Å²) in [6.45, 7) is 0. The average Bonchev–Trinajstić information content (AvgIpc) is 2.39. The number of hydrogen-bond donors (Lipinski definition) is 1. The van der Waals surface area contributed by atoms with E-state index >= 15 is 0 Å². The Morgan fingerprint density at radius 3 is 1.19 bits per heavy atom. The molecule has 3 nitrogen and oxygen atoms in total. The molecule has 0 aliphatic carbocycles. The molecule has 2 rings (SSSR count). The van der Waals surface area contributed by atoms with Gasteiger partial charge in [0.1, 0.15) is 0 Å². The lowest BCUT2D eigenvalue weighted by atomic mass is 10.1. The zero-order valence-corrected chi connectivity index (χ0v) is 12.4. The minimum absolute atomic E-state index is 0. The monoisotopic (exact) mass is 338 g/mol. The zero-order chi connectivity index (χ0) is 15.2. The molecule has 0 aliphatic heterocycles. The van der Waals surface area contributed by atoms with Gasteiger partial charge in [-0.2, -0.15) is 35.1 Å². The van der Waals surface area contributed by atoms with E-state index in [2.05, 4.69) is 48.5 Å². The van der Waals surface area contributed by atoms with Crippen LogP contribution in [0.25, 0.3) is 11.1 Å². The molecular weight excluding hydrogens is 325 g/mol. The normalized spacial score (nSPS) is 10.9. The van der Waals surface area contributed by atoms with Crippen LogP contribution in [0.15, 0.2) is 60.7 Å². The van der Waals surface area contributed by atoms with Crippen LogP contribution in [0.1, 0.15) is 0 Å². The molecule has 1 N–H and O–H groups in total. The van der Waals surface area contributed by atoms with Gasteiger partial charge in [-0.3, -0.25) is 4.55 Å². The Labute approximate surface area is 127 Å². The fourth-order valence-corrected chi connectivity index (χ4v) is 1.26. The third kappa shape index (κ3) is 6.65. The van der Waals surface area contributed by atoms with Gasteiger partial charge >= 0.3 is 15.6 Å². The molecule has 0 radical (unpaired) electrons. The quantitative estimate of drug-likeness (QED) is 0.634. The molecule has 0 saturated carbocycles. The van der Waals surface area contributed by atoms with Gasteiger partial charge in [0.15, 0.2) is 0 Å². The largest absolute Gasteiger partial charge is 0.522 e. The first kappa shape index (κ1) is 19.5. The van der Waals surface area contributed by atoms with Crippen LogP contribution < -0.4 is 0 Å². The van der Waals surface area contributed by atoms with Gasteiger partial charge in [0.2, 0.25) is 0 Å². The molecule has 8 heteroatoms. The van der Waals surface area contributed by atoms with Crippen LogP contribution in [0.3, 0.4) is 0 Å². The van der Waals surface area contributed by atoms with E-state index < -0.39 is 15.6 Å². The summed E-state index contributed by atoms with van der Waals surface area (Å²) < 4.78 is 57.5. The smallest absolute Gasteiger partial charge is 0.279 e. The topological polar surface area (TPSA) is 54.4 Å². The van der Waals surface area contributed by atoms with E-state index in [1.165, 1.54) is 11.1 Å². The van der Waals surface area contributed by atoms with Crippen molar-refractivity contribution in [3.05, 3.63) is 60.7 Å². The molecule has 0 aliphatic rings. The highest BCUT2D eigenvalue weighted by molar-refractivity contribution is 7.86. The van der Waals surface area contributed by atoms with Crippen LogP contribution in [0, 0.1) is 0 Å². The van der Waals surface area contributed by atoms with Crippen molar-refractivity contribution < 1.29 is 26.1 Å². The molecule has 0 bridgehead atoms. The SMILES string of the molecule is O=S(=O)(O)C(F)(F)F.S.c1ccc(-c2ccccc2)cc1. The van der Waals surface area contributed by atoms with Crippen LogP contribution in [0.2, 0.25) is 0 Å². The van der Waals surface area contributed by atoms with E-state index in [1.54, 1.807) is 0 Å². The van der Waals surface area contributed by atoms with Crippen molar-refractivity contribution in [2.24, 2.45) is 0 Å². The van der Waals surface area contributed by atoms with Gasteiger partial charge in [-0.1, -0.05) is 60.7 Å². The van der Waals surface area contributed by atoms with Gasteiger partial charge in [-0.15, -0.1) is 0 Å².